The van der Waals surface area contributed by atoms with Crippen LogP contribution in [-0.2, 0) is 13.6 Å². The van der Waals surface area contributed by atoms with Crippen LogP contribution in [0, 0.1) is 6.92 Å². The minimum absolute atomic E-state index is 0.245. The van der Waals surface area contributed by atoms with Crippen molar-refractivity contribution in [2.24, 2.45) is 7.05 Å². The van der Waals surface area contributed by atoms with Crippen LogP contribution in [0.1, 0.15) is 26.4 Å². The number of carbonyl (C=O) groups is 2. The van der Waals surface area contributed by atoms with Gasteiger partial charge in [-0.3, -0.25) is 19.3 Å². The third-order valence-corrected chi connectivity index (χ3v) is 6.70. The molecule has 3 heterocycles. The second kappa shape index (κ2) is 10.9. The van der Waals surface area contributed by atoms with E-state index in [9.17, 15) is 14.4 Å². The van der Waals surface area contributed by atoms with E-state index in [4.69, 9.17) is 0 Å². The Balaban J connectivity index is 1.55. The Morgan fingerprint density at radius 1 is 1.02 bits per heavy atom. The van der Waals surface area contributed by atoms with E-state index in [0.29, 0.717) is 41.1 Å². The summed E-state index contributed by atoms with van der Waals surface area (Å²) in [6, 6.07) is 14.3. The molecule has 0 saturated carbocycles. The third-order valence-electron chi connectivity index (χ3n) is 6.70. The number of pyridine rings is 1. The number of carbonyl (C=O) groups excluding carboxylic acids is 2. The molecule has 0 saturated heterocycles. The molecule has 3 aromatic heterocycles. The summed E-state index contributed by atoms with van der Waals surface area (Å²) in [5.41, 5.74) is 4.71. The van der Waals surface area contributed by atoms with E-state index in [1.54, 1.807) is 50.6 Å². The summed E-state index contributed by atoms with van der Waals surface area (Å²) in [4.78, 5) is 42.5. The van der Waals surface area contributed by atoms with Crippen molar-refractivity contribution < 1.29 is 9.59 Å². The predicted octanol–water partition coefficient (Wildman–Crippen LogP) is 2.12. The van der Waals surface area contributed by atoms with E-state index in [1.165, 1.54) is 15.6 Å². The van der Waals surface area contributed by atoms with Crippen LogP contribution in [0.2, 0.25) is 0 Å². The largest absolute Gasteiger partial charge is 0.355 e. The van der Waals surface area contributed by atoms with Crippen molar-refractivity contribution in [1.82, 2.24) is 39.7 Å². The third kappa shape index (κ3) is 4.87. The van der Waals surface area contributed by atoms with Crippen molar-refractivity contribution in [2.75, 3.05) is 26.0 Å². The lowest BCUT2D eigenvalue weighted by atomic mass is 9.99. The maximum Gasteiger partial charge on any atom is 0.350 e. The fourth-order valence-electron chi connectivity index (χ4n) is 4.58. The van der Waals surface area contributed by atoms with Gasteiger partial charge in [0.25, 0.3) is 11.8 Å². The number of fused-ring (bicyclic) bond motifs is 1. The molecule has 0 bridgehead atoms. The normalized spacial score (nSPS) is 11.1. The molecule has 40 heavy (non-hydrogen) atoms. The van der Waals surface area contributed by atoms with Crippen molar-refractivity contribution >= 4 is 28.4 Å². The molecule has 0 aliphatic heterocycles. The van der Waals surface area contributed by atoms with Crippen LogP contribution in [0.15, 0.2) is 65.8 Å². The molecule has 0 radical (unpaired) electrons. The lowest BCUT2D eigenvalue weighted by Crippen LogP contribution is -2.21. The topological polar surface area (TPSA) is 141 Å². The SMILES string of the molecule is CNCCn1nc(C(=O)Nc2cccc(C(=O)NC)c2)c2c(C)c(-c3ccc(-n4cnn(C)c4=O)cn3)ccc21. The van der Waals surface area contributed by atoms with E-state index in [-0.39, 0.29) is 23.2 Å². The average molecular weight is 540 g/mol. The summed E-state index contributed by atoms with van der Waals surface area (Å²) in [6.07, 6.45) is 3.07. The van der Waals surface area contributed by atoms with Crippen molar-refractivity contribution in [1.29, 1.82) is 0 Å². The smallest absolute Gasteiger partial charge is 0.350 e. The van der Waals surface area contributed by atoms with E-state index >= 15 is 0 Å². The van der Waals surface area contributed by atoms with Gasteiger partial charge in [0.1, 0.15) is 6.33 Å². The Kier molecular flexibility index (Phi) is 7.25. The zero-order valence-corrected chi connectivity index (χ0v) is 22.6. The molecule has 204 valence electrons. The molecular formula is C28H29N9O3. The zero-order chi connectivity index (χ0) is 28.4. The van der Waals surface area contributed by atoms with Gasteiger partial charge in [-0.1, -0.05) is 12.1 Å². The van der Waals surface area contributed by atoms with Gasteiger partial charge in [-0.2, -0.15) is 10.2 Å². The van der Waals surface area contributed by atoms with Gasteiger partial charge in [-0.25, -0.2) is 14.0 Å². The van der Waals surface area contributed by atoms with E-state index < -0.39 is 0 Å². The number of hydrogen-bond donors (Lipinski definition) is 3. The Morgan fingerprint density at radius 2 is 1.85 bits per heavy atom. The van der Waals surface area contributed by atoms with Crippen LogP contribution in [0.3, 0.4) is 0 Å². The van der Waals surface area contributed by atoms with Gasteiger partial charge in [0.05, 0.1) is 29.6 Å². The molecule has 0 atom stereocenters. The standard InChI is InChI=1S/C28H29N9O3/c1-17-21(22-10-8-20(15-31-22)36-16-32-35(4)28(36)40)9-11-23-24(17)25(34-37(23)13-12-29-2)27(39)33-19-7-5-6-18(14-19)26(38)30-3/h5-11,14-16,29H,12-13H2,1-4H3,(H,30,38)(H,33,39). The summed E-state index contributed by atoms with van der Waals surface area (Å²) in [5, 5.41) is 18.0. The van der Waals surface area contributed by atoms with Crippen LogP contribution in [-0.4, -0.2) is 61.6 Å². The van der Waals surface area contributed by atoms with Crippen LogP contribution >= 0.6 is 0 Å². The number of anilines is 1. The fraction of sp³-hybridized carbons (Fsp3) is 0.214. The van der Waals surface area contributed by atoms with Gasteiger partial charge in [0, 0.05) is 42.8 Å². The number of rotatable bonds is 8. The monoisotopic (exact) mass is 539 g/mol. The molecular weight excluding hydrogens is 510 g/mol. The fourth-order valence-corrected chi connectivity index (χ4v) is 4.58. The summed E-state index contributed by atoms with van der Waals surface area (Å²) < 4.78 is 4.48. The Morgan fingerprint density at radius 3 is 2.52 bits per heavy atom. The van der Waals surface area contributed by atoms with Crippen molar-refractivity contribution in [2.45, 2.75) is 13.5 Å². The minimum atomic E-state index is -0.387. The van der Waals surface area contributed by atoms with Gasteiger partial charge >= 0.3 is 5.69 Å². The van der Waals surface area contributed by atoms with E-state index in [2.05, 4.69) is 31.1 Å². The highest BCUT2D eigenvalue weighted by atomic mass is 16.2. The van der Waals surface area contributed by atoms with Crippen molar-refractivity contribution in [3.8, 4) is 16.9 Å². The maximum absolute atomic E-state index is 13.5. The summed E-state index contributed by atoms with van der Waals surface area (Å²) >= 11 is 0. The summed E-state index contributed by atoms with van der Waals surface area (Å²) in [7, 11) is 5.00. The first kappa shape index (κ1) is 26.5. The van der Waals surface area contributed by atoms with Gasteiger partial charge in [0.2, 0.25) is 0 Å². The van der Waals surface area contributed by atoms with Crippen LogP contribution in [0.5, 0.6) is 0 Å². The first-order valence-corrected chi connectivity index (χ1v) is 12.7. The summed E-state index contributed by atoms with van der Waals surface area (Å²) in [6.45, 7) is 3.17. The van der Waals surface area contributed by atoms with Gasteiger partial charge in [-0.05, 0) is 55.9 Å². The van der Waals surface area contributed by atoms with Gasteiger partial charge < -0.3 is 16.0 Å². The van der Waals surface area contributed by atoms with Crippen molar-refractivity contribution in [3.05, 3.63) is 88.4 Å². The van der Waals surface area contributed by atoms with E-state index in [1.807, 2.05) is 36.9 Å². The molecule has 0 aliphatic carbocycles. The number of aromatic nitrogens is 6. The van der Waals surface area contributed by atoms with Crippen molar-refractivity contribution in [3.63, 3.8) is 0 Å². The number of amides is 2. The summed E-state index contributed by atoms with van der Waals surface area (Å²) in [5.74, 6) is -0.632. The number of aryl methyl sites for hydroxylation is 2. The zero-order valence-electron chi connectivity index (χ0n) is 22.6. The average Bonchev–Trinajstić information content (AvgIpc) is 3.52. The maximum atomic E-state index is 13.5. The molecule has 5 rings (SSSR count). The highest BCUT2D eigenvalue weighted by Crippen LogP contribution is 2.31. The van der Waals surface area contributed by atoms with Crippen LogP contribution in [0.25, 0.3) is 27.8 Å². The molecule has 0 unspecified atom stereocenters. The Labute approximate surface area is 229 Å². The first-order valence-electron chi connectivity index (χ1n) is 12.7. The number of nitrogens with one attached hydrogen (secondary N) is 3. The first-order chi connectivity index (χ1) is 19.3. The molecule has 0 spiro atoms. The number of nitrogens with zero attached hydrogens (tertiary/aromatic N) is 6. The number of hydrogen-bond acceptors (Lipinski definition) is 7. The molecule has 3 N–H and O–H groups in total. The number of likely N-dealkylation sites (N-methyl/N-ethyl adjacent to an activating group) is 1. The molecule has 2 aromatic carbocycles. The molecule has 0 fully saturated rings. The Bertz CT molecular complexity index is 1780. The highest BCUT2D eigenvalue weighted by molar-refractivity contribution is 6.13. The highest BCUT2D eigenvalue weighted by Gasteiger charge is 2.22. The molecule has 0 aliphatic rings. The molecule has 12 nitrogen and oxygen atoms in total. The molecule has 5 aromatic rings. The predicted molar refractivity (Wildman–Crippen MR) is 152 cm³/mol. The molecule has 12 heteroatoms. The second-order valence-electron chi connectivity index (χ2n) is 9.23. The Hall–Kier alpha value is -5.10. The quantitative estimate of drug-likeness (QED) is 0.274. The van der Waals surface area contributed by atoms with Gasteiger partial charge in [0.15, 0.2) is 5.69 Å². The lowest BCUT2D eigenvalue weighted by molar-refractivity contribution is 0.0961. The lowest BCUT2D eigenvalue weighted by Gasteiger charge is -2.10. The van der Waals surface area contributed by atoms with Crippen LogP contribution < -0.4 is 21.6 Å². The van der Waals surface area contributed by atoms with Crippen LogP contribution in [0.4, 0.5) is 5.69 Å². The minimum Gasteiger partial charge on any atom is -0.355 e. The molecule has 2 amide bonds. The van der Waals surface area contributed by atoms with Gasteiger partial charge in [-0.15, -0.1) is 0 Å². The number of benzene rings is 2. The van der Waals surface area contributed by atoms with E-state index in [0.717, 1.165) is 16.6 Å². The second-order valence-corrected chi connectivity index (χ2v) is 9.23.